The maximum atomic E-state index is 12.4. The minimum Gasteiger partial charge on any atom is -0.380 e. The van der Waals surface area contributed by atoms with Gasteiger partial charge in [0.05, 0.1) is 16.3 Å². The van der Waals surface area contributed by atoms with E-state index in [0.29, 0.717) is 16.3 Å². The maximum absolute atomic E-state index is 12.4. The van der Waals surface area contributed by atoms with Gasteiger partial charge in [-0.1, -0.05) is 31.5 Å². The van der Waals surface area contributed by atoms with Gasteiger partial charge in [-0.25, -0.2) is 0 Å². The van der Waals surface area contributed by atoms with E-state index in [2.05, 4.69) is 25.2 Å². The fraction of sp³-hybridized carbons (Fsp3) is 0.556. The zero-order chi connectivity index (χ0) is 16.8. The maximum Gasteiger partial charge on any atom is 0.225 e. The first kappa shape index (κ1) is 17.6. The third kappa shape index (κ3) is 4.17. The number of nitrogens with one attached hydrogen (secondary N) is 1. The van der Waals surface area contributed by atoms with Gasteiger partial charge in [-0.15, -0.1) is 0 Å². The molecule has 1 aliphatic rings. The molecule has 0 spiro atoms. The molecule has 1 heterocycles. The van der Waals surface area contributed by atoms with Gasteiger partial charge in [0.2, 0.25) is 5.91 Å². The SMILES string of the molecule is CCC(CC)C(=O)N1CCC(Nc2c(Cl)cccc2C#N)CC1. The monoisotopic (exact) mass is 333 g/mol. The molecule has 0 aliphatic carbocycles. The lowest BCUT2D eigenvalue weighted by Gasteiger charge is -2.35. The van der Waals surface area contributed by atoms with Crippen LogP contribution in [0.5, 0.6) is 0 Å². The molecular weight excluding hydrogens is 310 g/mol. The highest BCUT2D eigenvalue weighted by atomic mass is 35.5. The summed E-state index contributed by atoms with van der Waals surface area (Å²) in [6, 6.07) is 7.75. The van der Waals surface area contributed by atoms with Crippen LogP contribution in [0.1, 0.15) is 45.1 Å². The van der Waals surface area contributed by atoms with E-state index in [-0.39, 0.29) is 17.9 Å². The molecule has 1 aliphatic heterocycles. The van der Waals surface area contributed by atoms with Crippen LogP contribution in [0.3, 0.4) is 0 Å². The lowest BCUT2D eigenvalue weighted by molar-refractivity contribution is -0.136. The molecule has 0 saturated carbocycles. The first-order valence-electron chi connectivity index (χ1n) is 8.34. The summed E-state index contributed by atoms with van der Waals surface area (Å²) in [5.41, 5.74) is 1.27. The summed E-state index contributed by atoms with van der Waals surface area (Å²) in [5, 5.41) is 13.2. The largest absolute Gasteiger partial charge is 0.380 e. The van der Waals surface area contributed by atoms with E-state index in [1.807, 2.05) is 4.90 Å². The second kappa shape index (κ2) is 8.21. The van der Waals surface area contributed by atoms with Crippen molar-refractivity contribution in [2.45, 2.75) is 45.6 Å². The number of likely N-dealkylation sites (tertiary alicyclic amines) is 1. The number of rotatable bonds is 5. The van der Waals surface area contributed by atoms with Crippen LogP contribution in [-0.2, 0) is 4.79 Å². The summed E-state index contributed by atoms with van der Waals surface area (Å²) >= 11 is 6.21. The van der Waals surface area contributed by atoms with Crippen molar-refractivity contribution in [3.63, 3.8) is 0 Å². The first-order valence-corrected chi connectivity index (χ1v) is 8.72. The van der Waals surface area contributed by atoms with Crippen molar-refractivity contribution >= 4 is 23.2 Å². The van der Waals surface area contributed by atoms with E-state index in [4.69, 9.17) is 11.6 Å². The molecule has 0 radical (unpaired) electrons. The minimum absolute atomic E-state index is 0.147. The first-order chi connectivity index (χ1) is 11.1. The van der Waals surface area contributed by atoms with Crippen LogP contribution in [0.15, 0.2) is 18.2 Å². The Hall–Kier alpha value is -1.73. The van der Waals surface area contributed by atoms with Crippen LogP contribution >= 0.6 is 11.6 Å². The summed E-state index contributed by atoms with van der Waals surface area (Å²) in [5.74, 6) is 0.428. The number of nitriles is 1. The number of hydrogen-bond donors (Lipinski definition) is 1. The van der Waals surface area contributed by atoms with Crippen molar-refractivity contribution < 1.29 is 4.79 Å². The van der Waals surface area contributed by atoms with Crippen molar-refractivity contribution in [1.82, 2.24) is 4.90 Å². The Balaban J connectivity index is 1.96. The van der Waals surface area contributed by atoms with Gasteiger partial charge in [0.15, 0.2) is 0 Å². The average Bonchev–Trinajstić information content (AvgIpc) is 2.58. The second-order valence-electron chi connectivity index (χ2n) is 6.03. The molecule has 0 aromatic heterocycles. The van der Waals surface area contributed by atoms with Crippen molar-refractivity contribution in [2.75, 3.05) is 18.4 Å². The topological polar surface area (TPSA) is 56.1 Å². The Labute approximate surface area is 143 Å². The van der Waals surface area contributed by atoms with Crippen LogP contribution in [-0.4, -0.2) is 29.9 Å². The quantitative estimate of drug-likeness (QED) is 0.884. The number of halogens is 1. The lowest BCUT2D eigenvalue weighted by atomic mass is 9.98. The summed E-state index contributed by atoms with van der Waals surface area (Å²) in [7, 11) is 0. The number of hydrogen-bond acceptors (Lipinski definition) is 3. The molecule has 5 heteroatoms. The normalized spacial score (nSPS) is 15.5. The van der Waals surface area contributed by atoms with E-state index >= 15 is 0 Å². The lowest BCUT2D eigenvalue weighted by Crippen LogP contribution is -2.44. The molecular formula is C18H24ClN3O. The zero-order valence-corrected chi connectivity index (χ0v) is 14.6. The Morgan fingerprint density at radius 1 is 1.39 bits per heavy atom. The number of benzene rings is 1. The number of para-hydroxylation sites is 1. The van der Waals surface area contributed by atoms with Crippen molar-refractivity contribution in [3.8, 4) is 6.07 Å². The number of carbonyl (C=O) groups is 1. The number of anilines is 1. The van der Waals surface area contributed by atoms with Gasteiger partial charge in [0.25, 0.3) is 0 Å². The van der Waals surface area contributed by atoms with E-state index < -0.39 is 0 Å². The minimum atomic E-state index is 0.147. The molecule has 1 amide bonds. The van der Waals surface area contributed by atoms with Gasteiger partial charge in [-0.3, -0.25) is 4.79 Å². The van der Waals surface area contributed by atoms with E-state index in [0.717, 1.165) is 38.8 Å². The molecule has 1 N–H and O–H groups in total. The Morgan fingerprint density at radius 3 is 2.61 bits per heavy atom. The smallest absolute Gasteiger partial charge is 0.225 e. The molecule has 1 aromatic carbocycles. The van der Waals surface area contributed by atoms with Crippen LogP contribution in [0.2, 0.25) is 5.02 Å². The molecule has 0 atom stereocenters. The molecule has 1 saturated heterocycles. The molecule has 23 heavy (non-hydrogen) atoms. The third-order valence-electron chi connectivity index (χ3n) is 4.62. The Bertz CT molecular complexity index is 584. The second-order valence-corrected chi connectivity index (χ2v) is 6.44. The van der Waals surface area contributed by atoms with Gasteiger partial charge in [-0.05, 0) is 37.8 Å². The highest BCUT2D eigenvalue weighted by Gasteiger charge is 2.27. The van der Waals surface area contributed by atoms with Crippen LogP contribution in [0.25, 0.3) is 0 Å². The molecule has 124 valence electrons. The summed E-state index contributed by atoms with van der Waals surface area (Å²) < 4.78 is 0. The van der Waals surface area contributed by atoms with Gasteiger partial charge in [-0.2, -0.15) is 5.26 Å². The van der Waals surface area contributed by atoms with Crippen LogP contribution in [0, 0.1) is 17.2 Å². The predicted octanol–water partition coefficient (Wildman–Crippen LogP) is 4.05. The number of carbonyl (C=O) groups excluding carboxylic acids is 1. The highest BCUT2D eigenvalue weighted by Crippen LogP contribution is 2.28. The van der Waals surface area contributed by atoms with Gasteiger partial charge in [0, 0.05) is 25.0 Å². The predicted molar refractivity (Wildman–Crippen MR) is 93.5 cm³/mol. The fourth-order valence-corrected chi connectivity index (χ4v) is 3.34. The Morgan fingerprint density at radius 2 is 2.04 bits per heavy atom. The fourth-order valence-electron chi connectivity index (χ4n) is 3.11. The van der Waals surface area contributed by atoms with E-state index in [1.54, 1.807) is 18.2 Å². The summed E-state index contributed by atoms with van der Waals surface area (Å²) in [6.07, 6.45) is 3.56. The number of piperidine rings is 1. The summed E-state index contributed by atoms with van der Waals surface area (Å²) in [4.78, 5) is 14.4. The zero-order valence-electron chi connectivity index (χ0n) is 13.8. The number of amides is 1. The van der Waals surface area contributed by atoms with Gasteiger partial charge in [0.1, 0.15) is 6.07 Å². The average molecular weight is 334 g/mol. The van der Waals surface area contributed by atoms with Crippen molar-refractivity contribution in [2.24, 2.45) is 5.92 Å². The van der Waals surface area contributed by atoms with E-state index in [9.17, 15) is 10.1 Å². The molecule has 4 nitrogen and oxygen atoms in total. The molecule has 1 fully saturated rings. The highest BCUT2D eigenvalue weighted by molar-refractivity contribution is 6.33. The van der Waals surface area contributed by atoms with Gasteiger partial charge < -0.3 is 10.2 Å². The van der Waals surface area contributed by atoms with Crippen LogP contribution < -0.4 is 5.32 Å². The standard InChI is InChI=1S/C18H24ClN3O/c1-3-13(4-2)18(23)22-10-8-15(9-11-22)21-17-14(12-20)6-5-7-16(17)19/h5-7,13,15,21H,3-4,8-11H2,1-2H3. The number of nitrogens with zero attached hydrogens (tertiary/aromatic N) is 2. The third-order valence-corrected chi connectivity index (χ3v) is 4.94. The van der Waals surface area contributed by atoms with Gasteiger partial charge >= 0.3 is 0 Å². The van der Waals surface area contributed by atoms with Crippen molar-refractivity contribution in [3.05, 3.63) is 28.8 Å². The summed E-state index contributed by atoms with van der Waals surface area (Å²) in [6.45, 7) is 5.67. The molecule has 1 aromatic rings. The van der Waals surface area contributed by atoms with E-state index in [1.165, 1.54) is 0 Å². The molecule has 2 rings (SSSR count). The van der Waals surface area contributed by atoms with Crippen LogP contribution in [0.4, 0.5) is 5.69 Å². The molecule has 0 unspecified atom stereocenters. The molecule has 0 bridgehead atoms. The van der Waals surface area contributed by atoms with Crippen molar-refractivity contribution in [1.29, 1.82) is 5.26 Å². The Kier molecular flexibility index (Phi) is 6.29.